The van der Waals surface area contributed by atoms with Crippen molar-refractivity contribution in [1.82, 2.24) is 0 Å². The van der Waals surface area contributed by atoms with E-state index < -0.39 is 23.1 Å². The number of aliphatic hydroxyl groups is 2. The van der Waals surface area contributed by atoms with Gasteiger partial charge in [-0.05, 0) is 61.7 Å². The molecule has 2 aliphatic heterocycles. The number of hydrogen-bond donors (Lipinski definition) is 2. The molecule has 2 bridgehead atoms. The van der Waals surface area contributed by atoms with E-state index >= 15 is 0 Å². The van der Waals surface area contributed by atoms with Crippen molar-refractivity contribution < 1.29 is 24.5 Å². The van der Waals surface area contributed by atoms with E-state index in [4.69, 9.17) is 9.47 Å². The molecule has 5 aliphatic carbocycles. The summed E-state index contributed by atoms with van der Waals surface area (Å²) in [4.78, 5) is 14.1. The third-order valence-electron chi connectivity index (χ3n) is 10.4. The van der Waals surface area contributed by atoms with Gasteiger partial charge in [0.25, 0.3) is 0 Å². The van der Waals surface area contributed by atoms with Crippen LogP contribution in [0.15, 0.2) is 12.2 Å². The first kappa shape index (κ1) is 19.9. The normalized spacial score (nSPS) is 56.3. The first-order chi connectivity index (χ1) is 13.8. The summed E-state index contributed by atoms with van der Waals surface area (Å²) in [5.74, 6) is -2.14. The van der Waals surface area contributed by atoms with Crippen molar-refractivity contribution in [2.45, 2.75) is 78.5 Å². The number of Topliss-reactive ketones (excluding diaryl/α,β-unsaturated/α-hetero) is 1. The van der Waals surface area contributed by atoms with Gasteiger partial charge >= 0.3 is 0 Å². The number of carbonyl (C=O) groups excluding carboxylic acids is 1. The predicted octanol–water partition coefficient (Wildman–Crippen LogP) is 3.29. The highest BCUT2D eigenvalue weighted by Crippen LogP contribution is 2.86. The van der Waals surface area contributed by atoms with Gasteiger partial charge in [-0.15, -0.1) is 0 Å². The van der Waals surface area contributed by atoms with E-state index in [-0.39, 0.29) is 45.7 Å². The van der Waals surface area contributed by atoms with Crippen LogP contribution in [-0.4, -0.2) is 40.3 Å². The molecule has 9 unspecified atom stereocenters. The minimum atomic E-state index is -1.51. The molecule has 7 aliphatic rings. The summed E-state index contributed by atoms with van der Waals surface area (Å²) in [5.41, 5.74) is -1.36. The summed E-state index contributed by atoms with van der Waals surface area (Å²) >= 11 is 0. The zero-order valence-corrected chi connectivity index (χ0v) is 19.1. The molecule has 0 amide bonds. The second-order valence-electron chi connectivity index (χ2n) is 12.9. The van der Waals surface area contributed by atoms with Crippen LogP contribution in [0, 0.1) is 51.2 Å². The Morgan fingerprint density at radius 3 is 2.57 bits per heavy atom. The van der Waals surface area contributed by atoms with Gasteiger partial charge in [0.2, 0.25) is 5.79 Å². The fraction of sp³-hybridized carbons (Fsp3) is 0.880. The topological polar surface area (TPSA) is 76.0 Å². The van der Waals surface area contributed by atoms with Crippen LogP contribution in [0.2, 0.25) is 0 Å². The van der Waals surface area contributed by atoms with Crippen LogP contribution in [0.5, 0.6) is 0 Å². The Balaban J connectivity index is 1.61. The van der Waals surface area contributed by atoms with Crippen LogP contribution in [0.25, 0.3) is 0 Å². The largest absolute Gasteiger partial charge is 0.387 e. The molecule has 2 saturated heterocycles. The Bertz CT molecular complexity index is 867. The van der Waals surface area contributed by atoms with Crippen molar-refractivity contribution in [3.8, 4) is 0 Å². The van der Waals surface area contributed by atoms with Crippen molar-refractivity contribution in [3.63, 3.8) is 0 Å². The summed E-state index contributed by atoms with van der Waals surface area (Å²) in [7, 11) is 0. The smallest absolute Gasteiger partial charge is 0.211 e. The number of fused-ring (bicyclic) bond motifs is 1. The van der Waals surface area contributed by atoms with Crippen molar-refractivity contribution in [1.29, 1.82) is 0 Å². The van der Waals surface area contributed by atoms with E-state index in [0.717, 1.165) is 19.3 Å². The summed E-state index contributed by atoms with van der Waals surface area (Å²) in [6.45, 7) is 12.5. The quantitative estimate of drug-likeness (QED) is 0.534. The van der Waals surface area contributed by atoms with Gasteiger partial charge in [-0.2, -0.15) is 0 Å². The highest BCUT2D eigenvalue weighted by Gasteiger charge is 2.93. The number of aliphatic hydroxyl groups excluding tert-OH is 1. The minimum absolute atomic E-state index is 0.00568. The third-order valence-corrected chi connectivity index (χ3v) is 10.4. The molecule has 7 rings (SSSR count). The molecule has 4 saturated carbocycles. The van der Waals surface area contributed by atoms with E-state index in [1.165, 1.54) is 0 Å². The van der Waals surface area contributed by atoms with Crippen LogP contribution >= 0.6 is 0 Å². The predicted molar refractivity (Wildman–Crippen MR) is 110 cm³/mol. The molecular weight excluding hydrogens is 380 g/mol. The Hall–Kier alpha value is -0.750. The molecule has 9 atom stereocenters. The maximum absolute atomic E-state index is 14.1. The van der Waals surface area contributed by atoms with Crippen LogP contribution in [-0.2, 0) is 14.3 Å². The van der Waals surface area contributed by atoms with Gasteiger partial charge in [0.05, 0.1) is 12.0 Å². The lowest BCUT2D eigenvalue weighted by molar-refractivity contribution is -0.505. The van der Waals surface area contributed by atoms with E-state index in [9.17, 15) is 15.0 Å². The molecule has 166 valence electrons. The summed E-state index contributed by atoms with van der Waals surface area (Å²) in [5, 5.41) is 22.8. The fourth-order valence-corrected chi connectivity index (χ4v) is 9.82. The van der Waals surface area contributed by atoms with E-state index in [2.05, 4.69) is 39.8 Å². The monoisotopic (exact) mass is 416 g/mol. The van der Waals surface area contributed by atoms with Gasteiger partial charge in [0.1, 0.15) is 11.9 Å². The highest BCUT2D eigenvalue weighted by molar-refractivity contribution is 5.99. The number of carbonyl (C=O) groups is 1. The Morgan fingerprint density at radius 1 is 1.20 bits per heavy atom. The van der Waals surface area contributed by atoms with Crippen molar-refractivity contribution >= 4 is 5.78 Å². The lowest BCUT2D eigenvalue weighted by Crippen LogP contribution is -2.93. The molecule has 0 aromatic rings. The first-order valence-corrected chi connectivity index (χ1v) is 11.7. The minimum Gasteiger partial charge on any atom is -0.387 e. The lowest BCUT2D eigenvalue weighted by atomic mass is 9.20. The molecule has 2 spiro atoms. The maximum atomic E-state index is 14.1. The van der Waals surface area contributed by atoms with Gasteiger partial charge in [0, 0.05) is 17.3 Å². The highest BCUT2D eigenvalue weighted by atomic mass is 16.8. The molecule has 5 heteroatoms. The molecule has 0 radical (unpaired) electrons. The summed E-state index contributed by atoms with van der Waals surface area (Å²) in [6.07, 6.45) is 6.51. The molecular formula is C25H36O5. The van der Waals surface area contributed by atoms with E-state index in [1.807, 2.05) is 0 Å². The maximum Gasteiger partial charge on any atom is 0.211 e. The molecule has 2 N–H and O–H groups in total. The lowest BCUT2D eigenvalue weighted by Gasteiger charge is -2.85. The van der Waals surface area contributed by atoms with Crippen molar-refractivity contribution in [2.24, 2.45) is 51.2 Å². The van der Waals surface area contributed by atoms with Crippen LogP contribution in [0.3, 0.4) is 0 Å². The van der Waals surface area contributed by atoms with Gasteiger partial charge in [-0.25, -0.2) is 0 Å². The standard InChI is InChI=1S/C25H36O5/c1-20(2)10-7-11-23-12-29-25(19(27)17(20)23,30-22(5,6)28)24-14(23)9-8-13-15(24)16(18(24)26)21(13,3)4/h7,11,13-17,19,27-28H,8-10,12H2,1-6H3. The van der Waals surface area contributed by atoms with Crippen LogP contribution < -0.4 is 0 Å². The molecule has 6 fully saturated rings. The zero-order valence-electron chi connectivity index (χ0n) is 19.1. The number of ether oxygens (including phenoxy) is 2. The van der Waals surface area contributed by atoms with Crippen molar-refractivity contribution in [3.05, 3.63) is 12.2 Å². The molecule has 5 nitrogen and oxygen atoms in total. The third kappa shape index (κ3) is 1.73. The van der Waals surface area contributed by atoms with Crippen molar-refractivity contribution in [2.75, 3.05) is 6.61 Å². The number of ketones is 1. The van der Waals surface area contributed by atoms with Gasteiger partial charge in [-0.3, -0.25) is 4.79 Å². The van der Waals surface area contributed by atoms with Gasteiger partial charge < -0.3 is 19.7 Å². The molecule has 0 aromatic carbocycles. The second kappa shape index (κ2) is 5.08. The molecule has 0 aromatic heterocycles. The van der Waals surface area contributed by atoms with E-state index in [1.54, 1.807) is 13.8 Å². The van der Waals surface area contributed by atoms with Gasteiger partial charge in [-0.1, -0.05) is 39.8 Å². The Kier molecular flexibility index (Phi) is 3.37. The average Bonchev–Trinajstić information content (AvgIpc) is 2.59. The molecule has 2 heterocycles. The molecule has 30 heavy (non-hydrogen) atoms. The SMILES string of the molecule is CC(C)(O)OC12OCC3(C=CCC(C)(C)C3C1O)C1CCC3C4C(C(=O)C412)C3(C)C. The number of hydrogen-bond acceptors (Lipinski definition) is 5. The van der Waals surface area contributed by atoms with Gasteiger partial charge in [0.15, 0.2) is 5.79 Å². The summed E-state index contributed by atoms with van der Waals surface area (Å²) in [6, 6.07) is 0. The fourth-order valence-electron chi connectivity index (χ4n) is 9.82. The Labute approximate surface area is 179 Å². The zero-order chi connectivity index (χ0) is 21.7. The summed E-state index contributed by atoms with van der Waals surface area (Å²) < 4.78 is 12.8. The number of rotatable bonds is 2. The second-order valence-corrected chi connectivity index (χ2v) is 12.9. The Morgan fingerprint density at radius 2 is 1.90 bits per heavy atom. The first-order valence-electron chi connectivity index (χ1n) is 11.7. The van der Waals surface area contributed by atoms with E-state index in [0.29, 0.717) is 12.5 Å². The van der Waals surface area contributed by atoms with Crippen LogP contribution in [0.1, 0.15) is 60.8 Å². The number of allylic oxidation sites excluding steroid dienone is 1. The van der Waals surface area contributed by atoms with Crippen LogP contribution in [0.4, 0.5) is 0 Å². The average molecular weight is 417 g/mol.